The Kier molecular flexibility index (Phi) is 10.2. The summed E-state index contributed by atoms with van der Waals surface area (Å²) in [6, 6.07) is 7.55. The molecule has 3 N–H and O–H groups in total. The van der Waals surface area contributed by atoms with Gasteiger partial charge in [-0.2, -0.15) is 0 Å². The third-order valence-corrected chi connectivity index (χ3v) is 2.38. The van der Waals surface area contributed by atoms with Crippen molar-refractivity contribution in [3.8, 4) is 5.75 Å². The number of guanidine groups is 1. The van der Waals surface area contributed by atoms with E-state index in [1.165, 1.54) is 0 Å². The normalized spacial score (nSPS) is 11.1. The highest BCUT2D eigenvalue weighted by atomic mass is 127. The molecule has 0 aromatic heterocycles. The standard InChI is InChI=1S/C14H23N3O2.HI/c1-11(2)19-9-5-8-16-14(15)17-12-6-4-7-13(10-12)18-3;/h4,6-7,10-11H,5,8-9H2,1-3H3,(H3,15,16,17);1H. The second-order valence-corrected chi connectivity index (χ2v) is 4.40. The first-order chi connectivity index (χ1) is 9.11. The van der Waals surface area contributed by atoms with Gasteiger partial charge < -0.3 is 20.5 Å². The molecule has 1 aromatic rings. The van der Waals surface area contributed by atoms with Crippen LogP contribution in [0.3, 0.4) is 0 Å². The number of nitrogens with one attached hydrogen (secondary N) is 1. The average molecular weight is 393 g/mol. The van der Waals surface area contributed by atoms with Crippen LogP contribution in [0.2, 0.25) is 0 Å². The lowest BCUT2D eigenvalue weighted by molar-refractivity contribution is 0.0783. The van der Waals surface area contributed by atoms with Crippen LogP contribution < -0.4 is 15.8 Å². The molecule has 0 heterocycles. The van der Waals surface area contributed by atoms with Gasteiger partial charge in [0.25, 0.3) is 0 Å². The first-order valence-corrected chi connectivity index (χ1v) is 6.44. The van der Waals surface area contributed by atoms with E-state index in [4.69, 9.17) is 15.2 Å². The quantitative estimate of drug-likeness (QED) is 0.324. The highest BCUT2D eigenvalue weighted by Crippen LogP contribution is 2.16. The molecule has 0 radical (unpaired) electrons. The fraction of sp³-hybridized carbons (Fsp3) is 0.500. The summed E-state index contributed by atoms with van der Waals surface area (Å²) in [6.45, 7) is 5.38. The lowest BCUT2D eigenvalue weighted by Gasteiger charge is -2.08. The number of nitrogens with zero attached hydrogens (tertiary/aromatic N) is 1. The van der Waals surface area contributed by atoms with Gasteiger partial charge in [-0.1, -0.05) is 6.07 Å². The fourth-order valence-electron chi connectivity index (χ4n) is 1.47. The van der Waals surface area contributed by atoms with Crippen LogP contribution in [0.4, 0.5) is 5.69 Å². The summed E-state index contributed by atoms with van der Waals surface area (Å²) in [5, 5.41) is 3.02. The number of nitrogens with two attached hydrogens (primary N) is 1. The Balaban J connectivity index is 0.00000361. The Bertz CT molecular complexity index is 411. The molecule has 6 heteroatoms. The van der Waals surface area contributed by atoms with Crippen molar-refractivity contribution in [2.75, 3.05) is 25.6 Å². The monoisotopic (exact) mass is 393 g/mol. The van der Waals surface area contributed by atoms with Gasteiger partial charge in [0.2, 0.25) is 0 Å². The number of rotatable bonds is 7. The van der Waals surface area contributed by atoms with Crippen molar-refractivity contribution in [2.24, 2.45) is 10.7 Å². The van der Waals surface area contributed by atoms with Gasteiger partial charge in [0, 0.05) is 24.9 Å². The predicted octanol–water partition coefficient (Wildman–Crippen LogP) is 2.85. The molecule has 0 atom stereocenters. The SMILES string of the molecule is COc1cccc(NC(N)=NCCCOC(C)C)c1.I. The molecule has 0 aliphatic carbocycles. The Morgan fingerprint density at radius 2 is 2.15 bits per heavy atom. The van der Waals surface area contributed by atoms with E-state index in [0.717, 1.165) is 17.9 Å². The van der Waals surface area contributed by atoms with Crippen LogP contribution in [0.25, 0.3) is 0 Å². The molecule has 1 rings (SSSR count). The number of benzene rings is 1. The number of aliphatic imine (C=N–C) groups is 1. The van der Waals surface area contributed by atoms with Crippen LogP contribution in [0.15, 0.2) is 29.3 Å². The van der Waals surface area contributed by atoms with Crippen LogP contribution in [-0.4, -0.2) is 32.3 Å². The van der Waals surface area contributed by atoms with E-state index in [2.05, 4.69) is 10.3 Å². The van der Waals surface area contributed by atoms with Gasteiger partial charge in [0.05, 0.1) is 13.2 Å². The van der Waals surface area contributed by atoms with Gasteiger partial charge in [-0.15, -0.1) is 24.0 Å². The molecule has 0 bridgehead atoms. The van der Waals surface area contributed by atoms with Crippen molar-refractivity contribution in [3.63, 3.8) is 0 Å². The Hall–Kier alpha value is -1.02. The van der Waals surface area contributed by atoms with Crippen molar-refractivity contribution < 1.29 is 9.47 Å². The molecule has 0 spiro atoms. The van der Waals surface area contributed by atoms with Gasteiger partial charge in [0.15, 0.2) is 5.96 Å². The van der Waals surface area contributed by atoms with Crippen molar-refractivity contribution in [1.82, 2.24) is 0 Å². The van der Waals surface area contributed by atoms with E-state index >= 15 is 0 Å². The maximum absolute atomic E-state index is 5.80. The van der Waals surface area contributed by atoms with E-state index < -0.39 is 0 Å². The van der Waals surface area contributed by atoms with Crippen LogP contribution in [0.5, 0.6) is 5.75 Å². The van der Waals surface area contributed by atoms with E-state index in [1.807, 2.05) is 38.1 Å². The summed E-state index contributed by atoms with van der Waals surface area (Å²) in [5.41, 5.74) is 6.66. The zero-order chi connectivity index (χ0) is 14.1. The van der Waals surface area contributed by atoms with E-state index in [9.17, 15) is 0 Å². The van der Waals surface area contributed by atoms with Crippen LogP contribution >= 0.6 is 24.0 Å². The number of hydrogen-bond donors (Lipinski definition) is 2. The lowest BCUT2D eigenvalue weighted by atomic mass is 10.3. The van der Waals surface area contributed by atoms with Crippen molar-refractivity contribution in [1.29, 1.82) is 0 Å². The number of methoxy groups -OCH3 is 1. The smallest absolute Gasteiger partial charge is 0.193 e. The van der Waals surface area contributed by atoms with Crippen LogP contribution in [0.1, 0.15) is 20.3 Å². The first-order valence-electron chi connectivity index (χ1n) is 6.44. The summed E-state index contributed by atoms with van der Waals surface area (Å²) < 4.78 is 10.6. The Morgan fingerprint density at radius 3 is 2.80 bits per heavy atom. The number of anilines is 1. The summed E-state index contributed by atoms with van der Waals surface area (Å²) >= 11 is 0. The molecule has 1 aromatic carbocycles. The number of ether oxygens (including phenoxy) is 2. The maximum Gasteiger partial charge on any atom is 0.193 e. The molecule has 0 unspecified atom stereocenters. The summed E-state index contributed by atoms with van der Waals surface area (Å²) in [6.07, 6.45) is 1.12. The average Bonchev–Trinajstić information content (AvgIpc) is 2.38. The zero-order valence-corrected chi connectivity index (χ0v) is 14.6. The molecule has 5 nitrogen and oxygen atoms in total. The molecule has 0 saturated carbocycles. The second-order valence-electron chi connectivity index (χ2n) is 4.40. The molecule has 0 aliphatic rings. The van der Waals surface area contributed by atoms with Crippen LogP contribution in [-0.2, 0) is 4.74 Å². The second kappa shape index (κ2) is 10.7. The largest absolute Gasteiger partial charge is 0.497 e. The molecule has 0 aliphatic heterocycles. The van der Waals surface area contributed by atoms with Crippen molar-refractivity contribution >= 4 is 35.6 Å². The van der Waals surface area contributed by atoms with E-state index in [1.54, 1.807) is 7.11 Å². The molecule has 114 valence electrons. The molecule has 0 amide bonds. The molecule has 20 heavy (non-hydrogen) atoms. The summed E-state index contributed by atoms with van der Waals surface area (Å²) in [7, 11) is 1.63. The topological polar surface area (TPSA) is 68.9 Å². The third kappa shape index (κ3) is 8.21. The molecular formula is C14H24IN3O2. The van der Waals surface area contributed by atoms with Gasteiger partial charge in [-0.25, -0.2) is 0 Å². The first kappa shape index (κ1) is 19.0. The summed E-state index contributed by atoms with van der Waals surface area (Å²) in [5.74, 6) is 1.18. The Labute approximate surface area is 138 Å². The number of halogens is 1. The van der Waals surface area contributed by atoms with Gasteiger partial charge in [-0.3, -0.25) is 4.99 Å². The van der Waals surface area contributed by atoms with Crippen LogP contribution in [0, 0.1) is 0 Å². The predicted molar refractivity (Wildman–Crippen MR) is 94.2 cm³/mol. The number of hydrogen-bond acceptors (Lipinski definition) is 3. The molecule has 0 saturated heterocycles. The third-order valence-electron chi connectivity index (χ3n) is 2.38. The summed E-state index contributed by atoms with van der Waals surface area (Å²) in [4.78, 5) is 4.23. The molecule has 0 fully saturated rings. The van der Waals surface area contributed by atoms with Gasteiger partial charge in [0.1, 0.15) is 5.75 Å². The van der Waals surface area contributed by atoms with Crippen molar-refractivity contribution in [3.05, 3.63) is 24.3 Å². The highest BCUT2D eigenvalue weighted by molar-refractivity contribution is 14.0. The Morgan fingerprint density at radius 1 is 1.40 bits per heavy atom. The maximum atomic E-state index is 5.80. The molecular weight excluding hydrogens is 369 g/mol. The van der Waals surface area contributed by atoms with E-state index in [0.29, 0.717) is 19.1 Å². The van der Waals surface area contributed by atoms with Gasteiger partial charge >= 0.3 is 0 Å². The zero-order valence-electron chi connectivity index (χ0n) is 12.3. The van der Waals surface area contributed by atoms with Crippen molar-refractivity contribution in [2.45, 2.75) is 26.4 Å². The van der Waals surface area contributed by atoms with E-state index in [-0.39, 0.29) is 30.1 Å². The highest BCUT2D eigenvalue weighted by Gasteiger charge is 1.97. The minimum absolute atomic E-state index is 0. The lowest BCUT2D eigenvalue weighted by Crippen LogP contribution is -2.23. The minimum atomic E-state index is 0. The van der Waals surface area contributed by atoms with Gasteiger partial charge in [-0.05, 0) is 32.4 Å². The fourth-order valence-corrected chi connectivity index (χ4v) is 1.47. The minimum Gasteiger partial charge on any atom is -0.497 e.